The molecule has 1 aliphatic carbocycles. The van der Waals surface area contributed by atoms with Gasteiger partial charge in [-0.1, -0.05) is 41.5 Å². The molecule has 1 N–H and O–H groups in total. The number of amides is 2. The first-order valence-electron chi connectivity index (χ1n) is 9.11. The van der Waals surface area contributed by atoms with Crippen LogP contribution in [0.5, 0.6) is 0 Å². The monoisotopic (exact) mass is 337 g/mol. The first kappa shape index (κ1) is 16.1. The molecular formula is C20H23N3O2. The smallest absolute Gasteiger partial charge is 0.251 e. The molecule has 1 aromatic carbocycles. The lowest BCUT2D eigenvalue weighted by molar-refractivity contribution is -0.142. The highest BCUT2D eigenvalue weighted by molar-refractivity contribution is 6.11. The van der Waals surface area contributed by atoms with Gasteiger partial charge in [0, 0.05) is 17.9 Å². The van der Waals surface area contributed by atoms with Crippen LogP contribution in [-0.2, 0) is 9.59 Å². The minimum atomic E-state index is -0.506. The lowest BCUT2D eigenvalue weighted by Gasteiger charge is -2.35. The van der Waals surface area contributed by atoms with E-state index in [1.54, 1.807) is 0 Å². The van der Waals surface area contributed by atoms with E-state index in [2.05, 4.69) is 16.5 Å². The summed E-state index contributed by atoms with van der Waals surface area (Å²) in [6, 6.07) is 7.31. The Morgan fingerprint density at radius 3 is 2.72 bits per heavy atom. The summed E-state index contributed by atoms with van der Waals surface area (Å²) in [4.78, 5) is 25.7. The molecule has 130 valence electrons. The molecule has 2 unspecified atom stereocenters. The predicted molar refractivity (Wildman–Crippen MR) is 95.8 cm³/mol. The second kappa shape index (κ2) is 6.47. The van der Waals surface area contributed by atoms with E-state index in [-0.39, 0.29) is 17.7 Å². The van der Waals surface area contributed by atoms with Crippen molar-refractivity contribution in [2.75, 3.05) is 0 Å². The number of carbonyl (C=O) groups excluding carboxylic acids is 2. The van der Waals surface area contributed by atoms with Gasteiger partial charge in [0.1, 0.15) is 6.04 Å². The Morgan fingerprint density at radius 1 is 1.12 bits per heavy atom. The molecule has 3 aliphatic rings. The van der Waals surface area contributed by atoms with Crippen molar-refractivity contribution in [3.05, 3.63) is 47.0 Å². The third-order valence-electron chi connectivity index (χ3n) is 5.40. The van der Waals surface area contributed by atoms with E-state index in [9.17, 15) is 9.59 Å². The Hall–Kier alpha value is -2.43. The maximum absolute atomic E-state index is 12.9. The molecule has 2 aliphatic heterocycles. The van der Waals surface area contributed by atoms with Gasteiger partial charge in [-0.3, -0.25) is 9.59 Å². The summed E-state index contributed by atoms with van der Waals surface area (Å²) in [7, 11) is 0. The van der Waals surface area contributed by atoms with Crippen molar-refractivity contribution in [3.63, 3.8) is 0 Å². The second-order valence-corrected chi connectivity index (χ2v) is 7.16. The molecule has 0 radical (unpaired) electrons. The van der Waals surface area contributed by atoms with Gasteiger partial charge in [0.25, 0.3) is 5.91 Å². The average molecular weight is 337 g/mol. The summed E-state index contributed by atoms with van der Waals surface area (Å²) < 4.78 is 0. The number of aryl methyl sites for hydroxylation is 1. The molecule has 5 nitrogen and oxygen atoms in total. The van der Waals surface area contributed by atoms with E-state index >= 15 is 0 Å². The topological polar surface area (TPSA) is 61.8 Å². The highest BCUT2D eigenvalue weighted by Crippen LogP contribution is 2.38. The molecule has 2 atom stereocenters. The molecule has 0 saturated heterocycles. The lowest BCUT2D eigenvalue weighted by atomic mass is 9.91. The fraction of sp³-hybridized carbons (Fsp3) is 0.450. The zero-order valence-corrected chi connectivity index (χ0v) is 14.5. The van der Waals surface area contributed by atoms with Gasteiger partial charge >= 0.3 is 0 Å². The number of allylic oxidation sites excluding steroid dienone is 1. The number of nitrogens with zero attached hydrogens (tertiary/aromatic N) is 2. The number of benzene rings is 1. The van der Waals surface area contributed by atoms with Crippen molar-refractivity contribution < 1.29 is 9.59 Å². The van der Waals surface area contributed by atoms with E-state index in [1.807, 2.05) is 31.2 Å². The normalized spacial score (nSPS) is 28.6. The van der Waals surface area contributed by atoms with Crippen molar-refractivity contribution in [1.29, 1.82) is 0 Å². The molecule has 1 aromatic rings. The van der Waals surface area contributed by atoms with Crippen LogP contribution in [0.4, 0.5) is 0 Å². The minimum Gasteiger partial charge on any atom is -0.307 e. The Labute approximate surface area is 147 Å². The summed E-state index contributed by atoms with van der Waals surface area (Å²) in [6.07, 6.45) is 7.47. The van der Waals surface area contributed by atoms with Crippen LogP contribution in [0.15, 0.2) is 41.0 Å². The fourth-order valence-electron chi connectivity index (χ4n) is 4.07. The number of hydrogen-bond acceptors (Lipinski definition) is 3. The molecule has 1 saturated carbocycles. The zero-order chi connectivity index (χ0) is 17.4. The molecule has 0 bridgehead atoms. The summed E-state index contributed by atoms with van der Waals surface area (Å²) in [6.45, 7) is 2.01. The van der Waals surface area contributed by atoms with Crippen LogP contribution < -0.4 is 5.32 Å². The second-order valence-electron chi connectivity index (χ2n) is 7.16. The number of hydrazone groups is 1. The maximum atomic E-state index is 12.9. The van der Waals surface area contributed by atoms with Crippen LogP contribution in [0.25, 0.3) is 0 Å². The van der Waals surface area contributed by atoms with Crippen molar-refractivity contribution in [2.24, 2.45) is 11.0 Å². The first-order chi connectivity index (χ1) is 12.1. The van der Waals surface area contributed by atoms with Crippen molar-refractivity contribution >= 4 is 17.6 Å². The van der Waals surface area contributed by atoms with Gasteiger partial charge in [0.2, 0.25) is 5.91 Å². The van der Waals surface area contributed by atoms with Gasteiger partial charge in [-0.25, -0.2) is 5.01 Å². The maximum Gasteiger partial charge on any atom is 0.251 e. The lowest BCUT2D eigenvalue weighted by Crippen LogP contribution is -2.57. The minimum absolute atomic E-state index is 0.0500. The molecule has 1 fully saturated rings. The molecule has 2 heterocycles. The third kappa shape index (κ3) is 2.99. The largest absolute Gasteiger partial charge is 0.307 e. The molecule has 2 amide bonds. The number of carbonyl (C=O) groups is 2. The number of amidine groups is 1. The summed E-state index contributed by atoms with van der Waals surface area (Å²) in [5.74, 6) is 0.410. The number of hydrogen-bond donors (Lipinski definition) is 1. The Balaban J connectivity index is 1.74. The van der Waals surface area contributed by atoms with Crippen LogP contribution in [0.1, 0.15) is 49.7 Å². The Kier molecular flexibility index (Phi) is 4.15. The van der Waals surface area contributed by atoms with Gasteiger partial charge < -0.3 is 5.32 Å². The zero-order valence-electron chi connectivity index (χ0n) is 14.5. The number of rotatable bonds is 1. The summed E-state index contributed by atoms with van der Waals surface area (Å²) in [5.41, 5.74) is 3.30. The molecule has 5 heteroatoms. The average Bonchev–Trinajstić information content (AvgIpc) is 3.07. The Morgan fingerprint density at radius 2 is 1.92 bits per heavy atom. The number of nitrogens with one attached hydrogen (secondary N) is 1. The molecule has 4 rings (SSSR count). The summed E-state index contributed by atoms with van der Waals surface area (Å²) in [5, 5.41) is 9.00. The van der Waals surface area contributed by atoms with Crippen molar-refractivity contribution in [1.82, 2.24) is 10.3 Å². The van der Waals surface area contributed by atoms with Crippen LogP contribution in [0.3, 0.4) is 0 Å². The van der Waals surface area contributed by atoms with Crippen LogP contribution in [0.2, 0.25) is 0 Å². The van der Waals surface area contributed by atoms with E-state index in [0.717, 1.165) is 43.2 Å². The number of fused-ring (bicyclic) bond motifs is 3. The van der Waals surface area contributed by atoms with Crippen LogP contribution in [-0.4, -0.2) is 28.7 Å². The SMILES string of the molecule is Cc1ccc(C2=NN3C(=O)CCC/C=C4/CCCC4C3C(=O)N2)cc1. The van der Waals surface area contributed by atoms with Gasteiger partial charge in [-0.05, 0) is 39.0 Å². The van der Waals surface area contributed by atoms with Crippen molar-refractivity contribution in [3.8, 4) is 0 Å². The van der Waals surface area contributed by atoms with Gasteiger partial charge in [0.15, 0.2) is 5.84 Å². The molecule has 0 aromatic heterocycles. The molecular weight excluding hydrogens is 314 g/mol. The van der Waals surface area contributed by atoms with E-state index < -0.39 is 6.04 Å². The fourth-order valence-corrected chi connectivity index (χ4v) is 4.07. The van der Waals surface area contributed by atoms with Gasteiger partial charge in [-0.2, -0.15) is 5.10 Å². The third-order valence-corrected chi connectivity index (χ3v) is 5.40. The van der Waals surface area contributed by atoms with E-state index in [0.29, 0.717) is 12.3 Å². The van der Waals surface area contributed by atoms with E-state index in [1.165, 1.54) is 10.6 Å². The molecule has 25 heavy (non-hydrogen) atoms. The van der Waals surface area contributed by atoms with Gasteiger partial charge in [0.05, 0.1) is 0 Å². The summed E-state index contributed by atoms with van der Waals surface area (Å²) >= 11 is 0. The predicted octanol–water partition coefficient (Wildman–Crippen LogP) is 2.89. The molecule has 0 spiro atoms. The van der Waals surface area contributed by atoms with Crippen molar-refractivity contribution in [2.45, 2.75) is 51.5 Å². The van der Waals surface area contributed by atoms with Crippen LogP contribution in [0, 0.1) is 12.8 Å². The quantitative estimate of drug-likeness (QED) is 0.801. The highest BCUT2D eigenvalue weighted by Gasteiger charge is 2.43. The first-order valence-corrected chi connectivity index (χ1v) is 9.11. The van der Waals surface area contributed by atoms with E-state index in [4.69, 9.17) is 0 Å². The van der Waals surface area contributed by atoms with Crippen LogP contribution >= 0.6 is 0 Å². The standard InChI is InChI=1S/C20H23N3O2/c1-13-9-11-15(12-10-13)19-21-20(25)18-16-7-4-6-14(16)5-2-3-8-17(24)23(18)22-19/h5,9-12,16,18H,2-4,6-8H2,1H3,(H,21,22,25)/b14-5-. The Bertz CT molecular complexity index is 764. The van der Waals surface area contributed by atoms with Gasteiger partial charge in [-0.15, -0.1) is 0 Å². The highest BCUT2D eigenvalue weighted by atomic mass is 16.2.